The minimum atomic E-state index is -4.43. The first-order valence-electron chi connectivity index (χ1n) is 8.30. The fourth-order valence-corrected chi connectivity index (χ4v) is 2.61. The third-order valence-corrected chi connectivity index (χ3v) is 4.13. The van der Waals surface area contributed by atoms with E-state index in [9.17, 15) is 18.0 Å². The van der Waals surface area contributed by atoms with Gasteiger partial charge in [0.25, 0.3) is 5.91 Å². The van der Waals surface area contributed by atoms with Crippen LogP contribution in [-0.4, -0.2) is 25.4 Å². The van der Waals surface area contributed by atoms with Crippen LogP contribution in [0.3, 0.4) is 0 Å². The third kappa shape index (κ3) is 3.91. The first-order valence-corrected chi connectivity index (χ1v) is 8.30. The van der Waals surface area contributed by atoms with Crippen molar-refractivity contribution >= 4 is 16.9 Å². The van der Waals surface area contributed by atoms with Crippen LogP contribution in [0.15, 0.2) is 30.5 Å². The molecule has 0 aliphatic rings. The molecule has 142 valence electrons. The van der Waals surface area contributed by atoms with Crippen molar-refractivity contribution in [1.82, 2.24) is 24.8 Å². The molecule has 0 atom stereocenters. The normalized spacial score (nSPS) is 12.0. The topological polar surface area (TPSA) is 72.7 Å². The minimum absolute atomic E-state index is 0.0619. The van der Waals surface area contributed by atoms with Crippen LogP contribution in [0, 0.1) is 0 Å². The second kappa shape index (κ2) is 6.98. The van der Waals surface area contributed by atoms with Gasteiger partial charge in [-0.1, -0.05) is 13.8 Å². The lowest BCUT2D eigenvalue weighted by atomic mass is 10.2. The van der Waals surface area contributed by atoms with Crippen molar-refractivity contribution in [3.63, 3.8) is 0 Å². The summed E-state index contributed by atoms with van der Waals surface area (Å²) >= 11 is 0. The van der Waals surface area contributed by atoms with Crippen LogP contribution < -0.4 is 5.32 Å². The Morgan fingerprint density at radius 2 is 1.96 bits per heavy atom. The average molecular weight is 377 g/mol. The molecule has 0 aliphatic heterocycles. The summed E-state index contributed by atoms with van der Waals surface area (Å²) in [6, 6.07) is 4.89. The van der Waals surface area contributed by atoms with Crippen LogP contribution in [0.5, 0.6) is 0 Å². The zero-order valence-corrected chi connectivity index (χ0v) is 15.0. The van der Waals surface area contributed by atoms with Crippen LogP contribution >= 0.6 is 0 Å². The highest BCUT2D eigenvalue weighted by molar-refractivity contribution is 5.92. The molecule has 0 bridgehead atoms. The fraction of sp³-hybridized carbons (Fsp3) is 0.333. The minimum Gasteiger partial charge on any atom is -0.343 e. The van der Waals surface area contributed by atoms with E-state index in [2.05, 4.69) is 20.3 Å². The molecule has 2 aromatic heterocycles. The van der Waals surface area contributed by atoms with Gasteiger partial charge in [-0.3, -0.25) is 4.79 Å². The number of nitrogens with one attached hydrogen (secondary N) is 1. The van der Waals surface area contributed by atoms with Crippen molar-refractivity contribution < 1.29 is 18.0 Å². The van der Waals surface area contributed by atoms with Crippen molar-refractivity contribution in [2.24, 2.45) is 7.05 Å². The highest BCUT2D eigenvalue weighted by Crippen LogP contribution is 2.31. The third-order valence-electron chi connectivity index (χ3n) is 4.13. The number of imidazole rings is 1. The average Bonchev–Trinajstić information content (AvgIpc) is 2.94. The molecule has 3 rings (SSSR count). The van der Waals surface area contributed by atoms with Crippen molar-refractivity contribution in [2.45, 2.75) is 32.5 Å². The van der Waals surface area contributed by atoms with Crippen LogP contribution in [0.2, 0.25) is 0 Å². The van der Waals surface area contributed by atoms with Crippen LogP contribution in [0.1, 0.15) is 47.5 Å². The predicted molar refractivity (Wildman–Crippen MR) is 93.0 cm³/mol. The monoisotopic (exact) mass is 377 g/mol. The second-order valence-corrected chi connectivity index (χ2v) is 6.43. The molecular formula is C18H18F3N5O. The number of rotatable bonds is 4. The Labute approximate surface area is 153 Å². The van der Waals surface area contributed by atoms with Crippen molar-refractivity contribution in [1.29, 1.82) is 0 Å². The summed E-state index contributed by atoms with van der Waals surface area (Å²) in [6.45, 7) is 3.91. The van der Waals surface area contributed by atoms with E-state index in [1.165, 1.54) is 18.3 Å². The lowest BCUT2D eigenvalue weighted by Crippen LogP contribution is -2.25. The van der Waals surface area contributed by atoms with E-state index >= 15 is 0 Å². The van der Waals surface area contributed by atoms with Gasteiger partial charge in [-0.2, -0.15) is 13.2 Å². The summed E-state index contributed by atoms with van der Waals surface area (Å²) < 4.78 is 40.2. The number of hydrogen-bond acceptors (Lipinski definition) is 4. The highest BCUT2D eigenvalue weighted by Gasteiger charge is 2.31. The van der Waals surface area contributed by atoms with E-state index in [-0.39, 0.29) is 23.7 Å². The van der Waals surface area contributed by atoms with Gasteiger partial charge in [0.15, 0.2) is 0 Å². The Kier molecular flexibility index (Phi) is 4.86. The molecule has 27 heavy (non-hydrogen) atoms. The van der Waals surface area contributed by atoms with Gasteiger partial charge in [0, 0.05) is 19.2 Å². The van der Waals surface area contributed by atoms with Crippen LogP contribution in [0.4, 0.5) is 13.2 Å². The number of aromatic nitrogens is 4. The summed E-state index contributed by atoms with van der Waals surface area (Å²) in [7, 11) is 1.69. The number of carbonyl (C=O) groups excluding carboxylic acids is 1. The van der Waals surface area contributed by atoms with Crippen LogP contribution in [-0.2, 0) is 19.8 Å². The standard InChI is InChI=1S/C18H18F3N5O/c1-10(2)16-22-7-6-12(25-16)17(27)23-9-15-24-13-8-11(18(19,20)21)4-5-14(13)26(15)3/h4-8,10H,9H2,1-3H3,(H,23,27). The smallest absolute Gasteiger partial charge is 0.343 e. The van der Waals surface area contributed by atoms with E-state index in [0.717, 1.165) is 12.1 Å². The Hall–Kier alpha value is -2.97. The quantitative estimate of drug-likeness (QED) is 0.756. The molecule has 0 fully saturated rings. The van der Waals surface area contributed by atoms with E-state index < -0.39 is 17.6 Å². The van der Waals surface area contributed by atoms with Gasteiger partial charge >= 0.3 is 6.18 Å². The Balaban J connectivity index is 1.79. The van der Waals surface area contributed by atoms with Gasteiger partial charge in [0.2, 0.25) is 0 Å². The molecule has 0 unspecified atom stereocenters. The molecule has 1 N–H and O–H groups in total. The first kappa shape index (κ1) is 18.8. The van der Waals surface area contributed by atoms with Gasteiger partial charge in [0.05, 0.1) is 23.1 Å². The number of nitrogens with zero attached hydrogens (tertiary/aromatic N) is 4. The van der Waals surface area contributed by atoms with Gasteiger partial charge in [0.1, 0.15) is 17.3 Å². The summed E-state index contributed by atoms with van der Waals surface area (Å²) in [5.74, 6) is 0.684. The number of benzene rings is 1. The number of carbonyl (C=O) groups is 1. The summed E-state index contributed by atoms with van der Waals surface area (Å²) in [5, 5.41) is 2.69. The summed E-state index contributed by atoms with van der Waals surface area (Å²) in [4.78, 5) is 24.9. The second-order valence-electron chi connectivity index (χ2n) is 6.43. The molecule has 0 saturated heterocycles. The maximum absolute atomic E-state index is 12.9. The lowest BCUT2D eigenvalue weighted by molar-refractivity contribution is -0.137. The van der Waals surface area contributed by atoms with E-state index in [1.807, 2.05) is 13.8 Å². The summed E-state index contributed by atoms with van der Waals surface area (Å²) in [5.41, 5.74) is 0.245. The molecule has 0 radical (unpaired) electrons. The molecule has 3 aromatic rings. The van der Waals surface area contributed by atoms with Crippen molar-refractivity contribution in [2.75, 3.05) is 0 Å². The van der Waals surface area contributed by atoms with Crippen molar-refractivity contribution in [3.8, 4) is 0 Å². The number of fused-ring (bicyclic) bond motifs is 1. The zero-order valence-electron chi connectivity index (χ0n) is 15.0. The van der Waals surface area contributed by atoms with Crippen LogP contribution in [0.25, 0.3) is 11.0 Å². The number of halogens is 3. The molecule has 0 spiro atoms. The van der Waals surface area contributed by atoms with Gasteiger partial charge in [-0.15, -0.1) is 0 Å². The van der Waals surface area contributed by atoms with E-state index in [1.54, 1.807) is 11.6 Å². The molecule has 6 nitrogen and oxygen atoms in total. The largest absolute Gasteiger partial charge is 0.416 e. The van der Waals surface area contributed by atoms with E-state index in [0.29, 0.717) is 17.2 Å². The summed E-state index contributed by atoms with van der Waals surface area (Å²) in [6.07, 6.45) is -2.91. The van der Waals surface area contributed by atoms with Gasteiger partial charge in [-0.05, 0) is 24.3 Å². The van der Waals surface area contributed by atoms with Crippen molar-refractivity contribution in [3.05, 3.63) is 53.4 Å². The molecule has 2 heterocycles. The van der Waals surface area contributed by atoms with E-state index in [4.69, 9.17) is 0 Å². The molecule has 0 saturated carbocycles. The maximum Gasteiger partial charge on any atom is 0.416 e. The maximum atomic E-state index is 12.9. The Morgan fingerprint density at radius 3 is 2.63 bits per heavy atom. The lowest BCUT2D eigenvalue weighted by Gasteiger charge is -2.07. The molecular weight excluding hydrogens is 359 g/mol. The number of amides is 1. The number of alkyl halides is 3. The highest BCUT2D eigenvalue weighted by atomic mass is 19.4. The Bertz CT molecular complexity index is 994. The Morgan fingerprint density at radius 1 is 1.22 bits per heavy atom. The molecule has 0 aliphatic carbocycles. The molecule has 9 heteroatoms. The van der Waals surface area contributed by atoms with Gasteiger partial charge < -0.3 is 9.88 Å². The number of hydrogen-bond donors (Lipinski definition) is 1. The molecule has 1 aromatic carbocycles. The molecule has 1 amide bonds. The first-order chi connectivity index (χ1) is 12.7. The predicted octanol–water partition coefficient (Wildman–Crippen LogP) is 3.44. The SMILES string of the molecule is CC(C)c1nccc(C(=O)NCc2nc3cc(C(F)(F)F)ccc3n2C)n1. The fourth-order valence-electron chi connectivity index (χ4n) is 2.61. The zero-order chi connectivity index (χ0) is 19.8. The number of aryl methyl sites for hydroxylation is 1. The van der Waals surface area contributed by atoms with Gasteiger partial charge in [-0.25, -0.2) is 15.0 Å².